The Balaban J connectivity index is 2.98. The summed E-state index contributed by atoms with van der Waals surface area (Å²) in [7, 11) is 0. The first kappa shape index (κ1) is 14.1. The lowest BCUT2D eigenvalue weighted by atomic mass is 10.0. The number of hydrogen-bond acceptors (Lipinski definition) is 3. The van der Waals surface area contributed by atoms with Crippen molar-refractivity contribution in [1.82, 2.24) is 0 Å². The molecule has 1 aromatic rings. The van der Waals surface area contributed by atoms with Gasteiger partial charge in [-0.25, -0.2) is 9.18 Å². The van der Waals surface area contributed by atoms with Crippen LogP contribution in [0.3, 0.4) is 0 Å². The second-order valence-corrected chi connectivity index (χ2v) is 4.13. The third-order valence-electron chi connectivity index (χ3n) is 2.67. The predicted molar refractivity (Wildman–Crippen MR) is 64.8 cm³/mol. The van der Waals surface area contributed by atoms with E-state index < -0.39 is 23.6 Å². The zero-order valence-electron chi connectivity index (χ0n) is 10.1. The van der Waals surface area contributed by atoms with Gasteiger partial charge >= 0.3 is 5.97 Å². The highest BCUT2D eigenvalue weighted by atomic mass is 19.1. The first-order valence-corrected chi connectivity index (χ1v) is 5.42. The van der Waals surface area contributed by atoms with Crippen LogP contribution in [0.25, 0.3) is 0 Å². The number of amides is 1. The number of anilines is 1. The van der Waals surface area contributed by atoms with Gasteiger partial charge in [-0.05, 0) is 25.1 Å². The normalized spacial score (nSPS) is 13.8. The molecule has 1 rings (SSSR count). The van der Waals surface area contributed by atoms with E-state index in [0.29, 0.717) is 0 Å². The molecular weight excluding hydrogens is 239 g/mol. The van der Waals surface area contributed by atoms with Gasteiger partial charge in [-0.15, -0.1) is 0 Å². The van der Waals surface area contributed by atoms with Gasteiger partial charge in [0.2, 0.25) is 5.91 Å². The minimum Gasteiger partial charge on any atom is -0.478 e. The number of halogens is 1. The molecule has 4 N–H and O–H groups in total. The SMILES string of the molecule is CC(N)C(C)C(=O)Nc1ccc(F)cc1C(=O)O. The zero-order valence-corrected chi connectivity index (χ0v) is 10.1. The summed E-state index contributed by atoms with van der Waals surface area (Å²) in [5.74, 6) is -2.86. The molecule has 0 bridgehead atoms. The Morgan fingerprint density at radius 2 is 2.00 bits per heavy atom. The minimum absolute atomic E-state index is 0.0569. The maximum Gasteiger partial charge on any atom is 0.337 e. The molecule has 0 saturated carbocycles. The van der Waals surface area contributed by atoms with Crippen molar-refractivity contribution in [2.75, 3.05) is 5.32 Å². The second kappa shape index (κ2) is 5.59. The molecule has 0 aromatic heterocycles. The fourth-order valence-electron chi connectivity index (χ4n) is 1.29. The van der Waals surface area contributed by atoms with Crippen molar-refractivity contribution >= 4 is 17.6 Å². The molecule has 0 aliphatic carbocycles. The van der Waals surface area contributed by atoms with Crippen molar-refractivity contribution in [3.05, 3.63) is 29.6 Å². The highest BCUT2D eigenvalue weighted by Crippen LogP contribution is 2.18. The Kier molecular flexibility index (Phi) is 4.38. The molecule has 98 valence electrons. The van der Waals surface area contributed by atoms with E-state index in [9.17, 15) is 14.0 Å². The smallest absolute Gasteiger partial charge is 0.337 e. The molecule has 0 radical (unpaired) electrons. The van der Waals surface area contributed by atoms with Crippen LogP contribution in [-0.2, 0) is 4.79 Å². The molecule has 0 aliphatic rings. The average Bonchev–Trinajstić information content (AvgIpc) is 2.29. The van der Waals surface area contributed by atoms with Crippen molar-refractivity contribution < 1.29 is 19.1 Å². The maximum absolute atomic E-state index is 12.9. The largest absolute Gasteiger partial charge is 0.478 e. The molecule has 2 atom stereocenters. The first-order chi connectivity index (χ1) is 8.32. The summed E-state index contributed by atoms with van der Waals surface area (Å²) in [6, 6.07) is 2.79. The number of carboxylic acids is 1. The topological polar surface area (TPSA) is 92.4 Å². The number of nitrogens with two attached hydrogens (primary N) is 1. The van der Waals surface area contributed by atoms with Gasteiger partial charge in [-0.1, -0.05) is 6.92 Å². The van der Waals surface area contributed by atoms with E-state index in [4.69, 9.17) is 10.8 Å². The Hall–Kier alpha value is -1.95. The fraction of sp³-hybridized carbons (Fsp3) is 0.333. The van der Waals surface area contributed by atoms with E-state index in [1.165, 1.54) is 6.07 Å². The van der Waals surface area contributed by atoms with Crippen molar-refractivity contribution in [2.24, 2.45) is 11.7 Å². The Morgan fingerprint density at radius 3 is 2.50 bits per heavy atom. The molecule has 0 saturated heterocycles. The third-order valence-corrected chi connectivity index (χ3v) is 2.67. The number of hydrogen-bond donors (Lipinski definition) is 3. The number of aromatic carboxylic acids is 1. The predicted octanol–water partition coefficient (Wildman–Crippen LogP) is 1.45. The molecule has 1 aromatic carbocycles. The van der Waals surface area contributed by atoms with Gasteiger partial charge in [0.05, 0.1) is 17.2 Å². The first-order valence-electron chi connectivity index (χ1n) is 5.42. The number of carbonyl (C=O) groups is 2. The van der Waals surface area contributed by atoms with E-state index in [1.807, 2.05) is 0 Å². The van der Waals surface area contributed by atoms with Gasteiger partial charge in [0.1, 0.15) is 5.82 Å². The second-order valence-electron chi connectivity index (χ2n) is 4.13. The zero-order chi connectivity index (χ0) is 13.9. The van der Waals surface area contributed by atoms with Crippen LogP contribution < -0.4 is 11.1 Å². The lowest BCUT2D eigenvalue weighted by Crippen LogP contribution is -2.34. The van der Waals surface area contributed by atoms with E-state index in [-0.39, 0.29) is 17.3 Å². The van der Waals surface area contributed by atoms with E-state index in [0.717, 1.165) is 12.1 Å². The molecule has 0 aliphatic heterocycles. The Morgan fingerprint density at radius 1 is 1.39 bits per heavy atom. The van der Waals surface area contributed by atoms with Crippen LogP contribution in [0, 0.1) is 11.7 Å². The van der Waals surface area contributed by atoms with E-state index in [2.05, 4.69) is 5.32 Å². The Labute approximate surface area is 104 Å². The maximum atomic E-state index is 12.9. The van der Waals surface area contributed by atoms with Gasteiger partial charge < -0.3 is 16.2 Å². The summed E-state index contributed by atoms with van der Waals surface area (Å²) in [5.41, 5.74) is 5.34. The molecule has 2 unspecified atom stereocenters. The van der Waals surface area contributed by atoms with Gasteiger partial charge in [-0.2, -0.15) is 0 Å². The molecule has 5 nitrogen and oxygen atoms in total. The van der Waals surface area contributed by atoms with Gasteiger partial charge in [0.15, 0.2) is 0 Å². The van der Waals surface area contributed by atoms with E-state index in [1.54, 1.807) is 13.8 Å². The van der Waals surface area contributed by atoms with Crippen LogP contribution >= 0.6 is 0 Å². The van der Waals surface area contributed by atoms with Gasteiger partial charge in [0, 0.05) is 6.04 Å². The summed E-state index contributed by atoms with van der Waals surface area (Å²) in [4.78, 5) is 22.7. The molecule has 0 heterocycles. The fourth-order valence-corrected chi connectivity index (χ4v) is 1.29. The monoisotopic (exact) mass is 254 g/mol. The van der Waals surface area contributed by atoms with Gasteiger partial charge in [0.25, 0.3) is 0 Å². The van der Waals surface area contributed by atoms with Crippen LogP contribution in [-0.4, -0.2) is 23.0 Å². The molecule has 18 heavy (non-hydrogen) atoms. The lowest BCUT2D eigenvalue weighted by Gasteiger charge is -2.16. The van der Waals surface area contributed by atoms with Crippen LogP contribution in [0.5, 0.6) is 0 Å². The highest BCUT2D eigenvalue weighted by Gasteiger charge is 2.19. The number of rotatable bonds is 4. The van der Waals surface area contributed by atoms with Crippen LogP contribution in [0.2, 0.25) is 0 Å². The number of benzene rings is 1. The summed E-state index contributed by atoms with van der Waals surface area (Å²) >= 11 is 0. The molecule has 0 fully saturated rings. The van der Waals surface area contributed by atoms with Crippen molar-refractivity contribution in [3.63, 3.8) is 0 Å². The van der Waals surface area contributed by atoms with Crippen molar-refractivity contribution in [2.45, 2.75) is 19.9 Å². The quantitative estimate of drug-likeness (QED) is 0.758. The average molecular weight is 254 g/mol. The highest BCUT2D eigenvalue weighted by molar-refractivity contribution is 6.01. The molecule has 0 spiro atoms. The third kappa shape index (κ3) is 3.27. The molecule has 1 amide bonds. The minimum atomic E-state index is -1.31. The molecular formula is C12H15FN2O3. The summed E-state index contributed by atoms with van der Waals surface area (Å²) in [6.45, 7) is 3.30. The number of nitrogens with one attached hydrogen (secondary N) is 1. The van der Waals surface area contributed by atoms with Crippen LogP contribution in [0.1, 0.15) is 24.2 Å². The molecule has 6 heteroatoms. The van der Waals surface area contributed by atoms with Gasteiger partial charge in [-0.3, -0.25) is 4.79 Å². The summed E-state index contributed by atoms with van der Waals surface area (Å²) in [5, 5.41) is 11.3. The van der Waals surface area contributed by atoms with E-state index >= 15 is 0 Å². The van der Waals surface area contributed by atoms with Crippen molar-refractivity contribution in [3.8, 4) is 0 Å². The number of carbonyl (C=O) groups excluding carboxylic acids is 1. The van der Waals surface area contributed by atoms with Crippen molar-refractivity contribution in [1.29, 1.82) is 0 Å². The van der Waals surface area contributed by atoms with Crippen LogP contribution in [0.15, 0.2) is 18.2 Å². The number of carboxylic acid groups (broad SMARTS) is 1. The Bertz CT molecular complexity index is 474. The summed E-state index contributed by atoms with van der Waals surface area (Å²) in [6.07, 6.45) is 0. The van der Waals surface area contributed by atoms with Crippen LogP contribution in [0.4, 0.5) is 10.1 Å². The standard InChI is InChI=1S/C12H15FN2O3/c1-6(7(2)14)11(16)15-10-4-3-8(13)5-9(10)12(17)18/h3-7H,14H2,1-2H3,(H,15,16)(H,17,18). The summed E-state index contributed by atoms with van der Waals surface area (Å²) < 4.78 is 12.9. The lowest BCUT2D eigenvalue weighted by molar-refractivity contribution is -0.119.